The monoisotopic (exact) mass is 213 g/mol. The quantitative estimate of drug-likeness (QED) is 0.701. The largest absolute Gasteiger partial charge is 0.469 e. The van der Waals surface area contributed by atoms with E-state index < -0.39 is 0 Å². The van der Waals surface area contributed by atoms with Crippen LogP contribution in [0, 0.1) is 11.3 Å². The maximum atomic E-state index is 11.6. The third kappa shape index (κ3) is 1.88. The molecule has 0 amide bonds. The molecular weight excluding hydrogens is 194 g/mol. The van der Waals surface area contributed by atoms with Crippen molar-refractivity contribution >= 4 is 5.97 Å². The Balaban J connectivity index is 2.00. The van der Waals surface area contributed by atoms with Crippen LogP contribution in [-0.2, 0) is 14.3 Å². The average molecular weight is 213 g/mol. The van der Waals surface area contributed by atoms with Crippen LogP contribution in [-0.4, -0.2) is 32.3 Å². The molecule has 2 aliphatic rings. The molecule has 0 spiro atoms. The number of hydrogen-bond donors (Lipinski definition) is 1. The summed E-state index contributed by atoms with van der Waals surface area (Å²) in [6, 6.07) is -0.0924. The van der Waals surface area contributed by atoms with Crippen molar-refractivity contribution in [2.45, 2.75) is 31.7 Å². The van der Waals surface area contributed by atoms with Crippen molar-refractivity contribution in [2.75, 3.05) is 20.3 Å². The summed E-state index contributed by atoms with van der Waals surface area (Å²) < 4.78 is 10.2. The maximum Gasteiger partial charge on any atom is 0.313 e. The third-order valence-corrected chi connectivity index (χ3v) is 3.72. The molecule has 1 saturated carbocycles. The van der Waals surface area contributed by atoms with Crippen molar-refractivity contribution < 1.29 is 14.3 Å². The molecule has 86 valence electrons. The normalized spacial score (nSPS) is 30.7. The first-order valence-corrected chi connectivity index (χ1v) is 5.62. The number of nitrogens with two attached hydrogens (primary N) is 1. The van der Waals surface area contributed by atoms with E-state index in [0.717, 1.165) is 32.3 Å². The van der Waals surface area contributed by atoms with Crippen LogP contribution in [0.2, 0.25) is 0 Å². The van der Waals surface area contributed by atoms with Crippen LogP contribution in [0.1, 0.15) is 25.7 Å². The fourth-order valence-corrected chi connectivity index (χ4v) is 2.51. The van der Waals surface area contributed by atoms with E-state index in [1.807, 2.05) is 0 Å². The number of esters is 1. The zero-order valence-electron chi connectivity index (χ0n) is 9.20. The fraction of sp³-hybridized carbons (Fsp3) is 0.909. The summed E-state index contributed by atoms with van der Waals surface area (Å²) in [5.74, 6) is 0.181. The van der Waals surface area contributed by atoms with Gasteiger partial charge in [0.25, 0.3) is 0 Å². The van der Waals surface area contributed by atoms with E-state index in [9.17, 15) is 4.79 Å². The lowest BCUT2D eigenvalue weighted by Gasteiger charge is -2.31. The summed E-state index contributed by atoms with van der Waals surface area (Å²) in [5, 5.41) is 0. The van der Waals surface area contributed by atoms with Crippen molar-refractivity contribution in [3.8, 4) is 0 Å². The first-order valence-electron chi connectivity index (χ1n) is 5.62. The SMILES string of the molecule is COC(=O)C1(C(N)C2CCCOC2)CC1. The first kappa shape index (κ1) is 10.9. The summed E-state index contributed by atoms with van der Waals surface area (Å²) in [5.41, 5.74) is 5.80. The summed E-state index contributed by atoms with van der Waals surface area (Å²) in [7, 11) is 1.44. The Kier molecular flexibility index (Phi) is 2.98. The molecule has 1 saturated heterocycles. The minimum Gasteiger partial charge on any atom is -0.469 e. The molecule has 2 unspecified atom stereocenters. The van der Waals surface area contributed by atoms with Crippen molar-refractivity contribution in [3.63, 3.8) is 0 Å². The van der Waals surface area contributed by atoms with Crippen LogP contribution in [0.4, 0.5) is 0 Å². The van der Waals surface area contributed by atoms with Crippen LogP contribution in [0.25, 0.3) is 0 Å². The van der Waals surface area contributed by atoms with Gasteiger partial charge < -0.3 is 15.2 Å². The minimum absolute atomic E-state index is 0.0924. The second kappa shape index (κ2) is 4.10. The highest BCUT2D eigenvalue weighted by molar-refractivity contribution is 5.80. The highest BCUT2D eigenvalue weighted by atomic mass is 16.5. The Morgan fingerprint density at radius 3 is 2.80 bits per heavy atom. The number of hydrogen-bond acceptors (Lipinski definition) is 4. The zero-order chi connectivity index (χ0) is 10.9. The molecule has 2 atom stereocenters. The van der Waals surface area contributed by atoms with E-state index in [0.29, 0.717) is 12.5 Å². The molecule has 2 rings (SSSR count). The number of carbonyl (C=O) groups excluding carboxylic acids is 1. The molecular formula is C11H19NO3. The molecule has 0 aromatic rings. The van der Waals surface area contributed by atoms with E-state index in [-0.39, 0.29) is 17.4 Å². The Hall–Kier alpha value is -0.610. The Bertz CT molecular complexity index is 244. The second-order valence-electron chi connectivity index (χ2n) is 4.65. The van der Waals surface area contributed by atoms with Crippen LogP contribution in [0.15, 0.2) is 0 Å². The molecule has 4 nitrogen and oxygen atoms in total. The van der Waals surface area contributed by atoms with Gasteiger partial charge >= 0.3 is 5.97 Å². The van der Waals surface area contributed by atoms with Gasteiger partial charge in [0.05, 0.1) is 19.1 Å². The Morgan fingerprint density at radius 2 is 2.33 bits per heavy atom. The lowest BCUT2D eigenvalue weighted by molar-refractivity contribution is -0.149. The van der Waals surface area contributed by atoms with Crippen molar-refractivity contribution in [1.82, 2.24) is 0 Å². The number of methoxy groups -OCH3 is 1. The van der Waals surface area contributed by atoms with E-state index >= 15 is 0 Å². The molecule has 0 radical (unpaired) electrons. The highest BCUT2D eigenvalue weighted by Crippen LogP contribution is 2.51. The summed E-state index contributed by atoms with van der Waals surface area (Å²) in [6.07, 6.45) is 3.87. The molecule has 0 bridgehead atoms. The molecule has 2 fully saturated rings. The Morgan fingerprint density at radius 1 is 1.60 bits per heavy atom. The third-order valence-electron chi connectivity index (χ3n) is 3.72. The lowest BCUT2D eigenvalue weighted by atomic mass is 9.83. The molecule has 1 heterocycles. The van der Waals surface area contributed by atoms with E-state index in [1.165, 1.54) is 7.11 Å². The van der Waals surface area contributed by atoms with Gasteiger partial charge in [0.2, 0.25) is 0 Å². The smallest absolute Gasteiger partial charge is 0.313 e. The summed E-state index contributed by atoms with van der Waals surface area (Å²) in [6.45, 7) is 1.52. The van der Waals surface area contributed by atoms with Gasteiger partial charge in [0.15, 0.2) is 0 Å². The van der Waals surface area contributed by atoms with Crippen LogP contribution >= 0.6 is 0 Å². The molecule has 4 heteroatoms. The van der Waals surface area contributed by atoms with E-state index in [1.54, 1.807) is 0 Å². The van der Waals surface area contributed by atoms with Crippen molar-refractivity contribution in [2.24, 2.45) is 17.1 Å². The minimum atomic E-state index is -0.389. The number of ether oxygens (including phenoxy) is 2. The van der Waals surface area contributed by atoms with Crippen LogP contribution < -0.4 is 5.73 Å². The molecule has 1 aliphatic heterocycles. The molecule has 1 aliphatic carbocycles. The van der Waals surface area contributed by atoms with Gasteiger partial charge in [0, 0.05) is 12.6 Å². The number of carbonyl (C=O) groups is 1. The van der Waals surface area contributed by atoms with E-state index in [4.69, 9.17) is 15.2 Å². The predicted molar refractivity (Wildman–Crippen MR) is 55.2 cm³/mol. The van der Waals surface area contributed by atoms with Gasteiger partial charge in [-0.05, 0) is 31.6 Å². The predicted octanol–water partition coefficient (Wildman–Crippen LogP) is 0.693. The van der Waals surface area contributed by atoms with Crippen LogP contribution in [0.3, 0.4) is 0 Å². The van der Waals surface area contributed by atoms with E-state index in [2.05, 4.69) is 0 Å². The molecule has 0 aromatic heterocycles. The van der Waals surface area contributed by atoms with Crippen molar-refractivity contribution in [1.29, 1.82) is 0 Å². The topological polar surface area (TPSA) is 61.5 Å². The molecule has 15 heavy (non-hydrogen) atoms. The fourth-order valence-electron chi connectivity index (χ4n) is 2.51. The summed E-state index contributed by atoms with van der Waals surface area (Å²) >= 11 is 0. The van der Waals surface area contributed by atoms with Gasteiger partial charge in [-0.25, -0.2) is 0 Å². The van der Waals surface area contributed by atoms with Gasteiger partial charge in [-0.1, -0.05) is 0 Å². The number of rotatable bonds is 3. The second-order valence-corrected chi connectivity index (χ2v) is 4.65. The highest BCUT2D eigenvalue weighted by Gasteiger charge is 2.57. The van der Waals surface area contributed by atoms with Gasteiger partial charge in [-0.2, -0.15) is 0 Å². The van der Waals surface area contributed by atoms with Crippen molar-refractivity contribution in [3.05, 3.63) is 0 Å². The average Bonchev–Trinajstić information content (AvgIpc) is 3.09. The van der Waals surface area contributed by atoms with Gasteiger partial charge in [-0.15, -0.1) is 0 Å². The maximum absolute atomic E-state index is 11.6. The first-order chi connectivity index (χ1) is 7.20. The van der Waals surface area contributed by atoms with Gasteiger partial charge in [-0.3, -0.25) is 4.79 Å². The molecule has 0 aromatic carbocycles. The standard InChI is InChI=1S/C11H19NO3/c1-14-10(13)11(4-5-11)9(12)8-3-2-6-15-7-8/h8-9H,2-7,12H2,1H3. The Labute approximate surface area is 90.1 Å². The zero-order valence-corrected chi connectivity index (χ0v) is 9.20. The van der Waals surface area contributed by atoms with Crippen LogP contribution in [0.5, 0.6) is 0 Å². The molecule has 2 N–H and O–H groups in total. The van der Waals surface area contributed by atoms with Gasteiger partial charge in [0.1, 0.15) is 0 Å². The lowest BCUT2D eigenvalue weighted by Crippen LogP contribution is -2.46. The summed E-state index contributed by atoms with van der Waals surface area (Å²) in [4.78, 5) is 11.6.